The van der Waals surface area contributed by atoms with Crippen LogP contribution in [-0.2, 0) is 36.8 Å². The van der Waals surface area contributed by atoms with Gasteiger partial charge in [0.05, 0.1) is 12.0 Å². The Labute approximate surface area is 276 Å². The van der Waals surface area contributed by atoms with Crippen LogP contribution >= 0.6 is 0 Å². The van der Waals surface area contributed by atoms with Crippen LogP contribution in [-0.4, -0.2) is 77.4 Å². The number of aromatic hydroxyl groups is 1. The number of piperidine rings is 1. The van der Waals surface area contributed by atoms with Crippen molar-refractivity contribution in [3.05, 3.63) is 65.7 Å². The molecule has 5 atom stereocenters. The van der Waals surface area contributed by atoms with Crippen LogP contribution in [0.5, 0.6) is 5.75 Å². The quantitative estimate of drug-likeness (QED) is 0.131. The molecule has 0 radical (unpaired) electrons. The molecule has 2 aromatic carbocycles. The lowest BCUT2D eigenvalue weighted by Crippen LogP contribution is -2.62. The summed E-state index contributed by atoms with van der Waals surface area (Å²) in [5.41, 5.74) is 11.8. The summed E-state index contributed by atoms with van der Waals surface area (Å²) in [7, 11) is 0. The van der Waals surface area contributed by atoms with Gasteiger partial charge in [0.25, 0.3) is 0 Å². The first-order valence-corrected chi connectivity index (χ1v) is 16.0. The summed E-state index contributed by atoms with van der Waals surface area (Å²) in [4.78, 5) is 65.1. The van der Waals surface area contributed by atoms with E-state index in [1.807, 2.05) is 44.2 Å². The zero-order valence-electron chi connectivity index (χ0n) is 27.5. The minimum Gasteiger partial charge on any atom is -0.508 e. The Morgan fingerprint density at radius 1 is 0.894 bits per heavy atom. The minimum atomic E-state index is -1.41. The third-order valence-corrected chi connectivity index (χ3v) is 8.07. The van der Waals surface area contributed by atoms with E-state index >= 15 is 0 Å². The van der Waals surface area contributed by atoms with Crippen LogP contribution < -0.4 is 38.1 Å². The zero-order valence-corrected chi connectivity index (χ0v) is 27.5. The summed E-state index contributed by atoms with van der Waals surface area (Å²) in [6.07, 6.45) is 1.11. The average Bonchev–Trinajstić information content (AvgIpc) is 3.01. The second-order valence-corrected chi connectivity index (χ2v) is 13.2. The van der Waals surface area contributed by atoms with Crippen molar-refractivity contribution in [1.29, 1.82) is 0 Å². The molecule has 1 aliphatic rings. The summed E-state index contributed by atoms with van der Waals surface area (Å²) in [6.45, 7) is 7.69. The zero-order chi connectivity index (χ0) is 34.7. The fraction of sp³-hybridized carbons (Fsp3) is 0.500. The van der Waals surface area contributed by atoms with Crippen molar-refractivity contribution >= 4 is 29.5 Å². The normalized spacial score (nSPS) is 18.3. The summed E-state index contributed by atoms with van der Waals surface area (Å²) < 4.78 is 0. The maximum absolute atomic E-state index is 13.5. The average molecular weight is 652 g/mol. The van der Waals surface area contributed by atoms with Crippen molar-refractivity contribution in [2.24, 2.45) is 23.3 Å². The predicted molar refractivity (Wildman–Crippen MR) is 178 cm³/mol. The molecule has 10 N–H and O–H groups in total. The number of rotatable bonds is 15. The molecule has 3 rings (SSSR count). The molecule has 0 bridgehead atoms. The molecule has 13 nitrogen and oxygen atoms in total. The van der Waals surface area contributed by atoms with E-state index in [9.17, 15) is 29.1 Å². The molecule has 5 amide bonds. The topological polar surface area (TPSA) is 218 Å². The lowest BCUT2D eigenvalue weighted by molar-refractivity contribution is -0.137. The number of hydrogen-bond acceptors (Lipinski definition) is 8. The fourth-order valence-corrected chi connectivity index (χ4v) is 5.39. The van der Waals surface area contributed by atoms with Crippen LogP contribution in [0.4, 0.5) is 0 Å². The van der Waals surface area contributed by atoms with Crippen molar-refractivity contribution in [3.8, 4) is 5.75 Å². The van der Waals surface area contributed by atoms with Gasteiger partial charge in [-0.15, -0.1) is 0 Å². The molecule has 47 heavy (non-hydrogen) atoms. The van der Waals surface area contributed by atoms with Gasteiger partial charge in [0.15, 0.2) is 0 Å². The highest BCUT2D eigenvalue weighted by molar-refractivity contribution is 5.96. The van der Waals surface area contributed by atoms with Crippen molar-refractivity contribution in [3.63, 3.8) is 0 Å². The molecule has 0 saturated carbocycles. The lowest BCUT2D eigenvalue weighted by atomic mass is 9.92. The first kappa shape index (κ1) is 37.0. The Balaban J connectivity index is 1.61. The number of primary amides is 1. The third-order valence-electron chi connectivity index (χ3n) is 8.07. The Morgan fingerprint density at radius 2 is 1.53 bits per heavy atom. The molecule has 0 spiro atoms. The van der Waals surface area contributed by atoms with E-state index in [-0.39, 0.29) is 42.4 Å². The van der Waals surface area contributed by atoms with Gasteiger partial charge in [-0.05, 0) is 62.3 Å². The Kier molecular flexibility index (Phi) is 13.3. The Hall–Kier alpha value is -4.49. The van der Waals surface area contributed by atoms with E-state index in [2.05, 4.69) is 26.6 Å². The number of amides is 5. The van der Waals surface area contributed by atoms with Crippen LogP contribution in [0.15, 0.2) is 54.6 Å². The van der Waals surface area contributed by atoms with E-state index in [0.717, 1.165) is 11.1 Å². The maximum Gasteiger partial charge on any atom is 0.245 e. The number of benzene rings is 2. The standard InChI is InChI=1S/C34H49N7O6/c1-20(2)14-27(29(36)43)39-32(46)28(16-21-8-6-5-7-9-21)40-33(47)34(3,4)41-30(44)23-17-24(19-37-18-23)38-31(45)26(35)15-22-10-12-25(42)13-11-22/h5-13,20,23-24,26-28,37,42H,14-19,35H2,1-4H3,(H2,36,43)(H,38,45)(H,39,46)(H,40,47)(H,41,44)/t23?,24?,26-,27-,28-/m0/s1. The van der Waals surface area contributed by atoms with E-state index in [1.165, 1.54) is 12.1 Å². The molecule has 2 unspecified atom stereocenters. The number of hydrogen-bond donors (Lipinski definition) is 8. The van der Waals surface area contributed by atoms with Crippen LogP contribution in [0.2, 0.25) is 0 Å². The van der Waals surface area contributed by atoms with Gasteiger partial charge in [-0.3, -0.25) is 24.0 Å². The molecule has 1 aliphatic heterocycles. The molecule has 2 aromatic rings. The van der Waals surface area contributed by atoms with Crippen molar-refractivity contribution in [2.45, 2.75) is 83.1 Å². The second kappa shape index (κ2) is 16.9. The molecule has 13 heteroatoms. The monoisotopic (exact) mass is 651 g/mol. The number of carbonyl (C=O) groups excluding carboxylic acids is 5. The summed E-state index contributed by atoms with van der Waals surface area (Å²) in [6, 6.07) is 12.4. The number of phenols is 1. The summed E-state index contributed by atoms with van der Waals surface area (Å²) in [5, 5.41) is 23.8. The van der Waals surface area contributed by atoms with E-state index in [1.54, 1.807) is 26.0 Å². The first-order chi connectivity index (χ1) is 22.1. The van der Waals surface area contributed by atoms with Crippen LogP contribution in [0.3, 0.4) is 0 Å². The van der Waals surface area contributed by atoms with Gasteiger partial charge >= 0.3 is 0 Å². The Morgan fingerprint density at radius 3 is 2.15 bits per heavy atom. The Bertz CT molecular complexity index is 1380. The summed E-state index contributed by atoms with van der Waals surface area (Å²) >= 11 is 0. The van der Waals surface area contributed by atoms with E-state index < -0.39 is 47.3 Å². The SMILES string of the molecule is CC(C)C[C@H](NC(=O)[C@H](Cc1ccccc1)NC(=O)C(C)(C)NC(=O)C1CNCC(NC(=O)[C@@H](N)Cc2ccc(O)cc2)C1)C(N)=O. The van der Waals surface area contributed by atoms with Gasteiger partial charge in [0.2, 0.25) is 29.5 Å². The van der Waals surface area contributed by atoms with E-state index in [0.29, 0.717) is 25.9 Å². The highest BCUT2D eigenvalue weighted by Crippen LogP contribution is 2.16. The largest absolute Gasteiger partial charge is 0.508 e. The molecule has 1 fully saturated rings. The number of carbonyl (C=O) groups is 5. The third kappa shape index (κ3) is 11.7. The fourth-order valence-electron chi connectivity index (χ4n) is 5.39. The number of phenolic OH excluding ortho intramolecular Hbond substituents is 1. The molecule has 1 saturated heterocycles. The molecule has 0 aliphatic carbocycles. The van der Waals surface area contributed by atoms with E-state index in [4.69, 9.17) is 11.5 Å². The van der Waals surface area contributed by atoms with Gasteiger partial charge in [-0.1, -0.05) is 56.3 Å². The summed E-state index contributed by atoms with van der Waals surface area (Å²) in [5.74, 6) is -2.90. The highest BCUT2D eigenvalue weighted by Gasteiger charge is 2.37. The molecular formula is C34H49N7O6. The van der Waals surface area contributed by atoms with Gasteiger partial charge in [0.1, 0.15) is 23.4 Å². The number of nitrogens with two attached hydrogens (primary N) is 2. The lowest BCUT2D eigenvalue weighted by Gasteiger charge is -2.34. The molecule has 256 valence electrons. The minimum absolute atomic E-state index is 0.0912. The van der Waals surface area contributed by atoms with Crippen LogP contribution in [0, 0.1) is 11.8 Å². The maximum atomic E-state index is 13.5. The van der Waals surface area contributed by atoms with Crippen molar-refractivity contribution in [1.82, 2.24) is 26.6 Å². The van der Waals surface area contributed by atoms with Gasteiger partial charge in [0, 0.05) is 25.6 Å². The van der Waals surface area contributed by atoms with Crippen molar-refractivity contribution < 1.29 is 29.1 Å². The molecule has 0 aromatic heterocycles. The number of nitrogens with one attached hydrogen (secondary N) is 5. The van der Waals surface area contributed by atoms with Gasteiger partial charge < -0.3 is 43.2 Å². The van der Waals surface area contributed by atoms with Gasteiger partial charge in [-0.25, -0.2) is 0 Å². The second-order valence-electron chi connectivity index (χ2n) is 13.2. The molecular weight excluding hydrogens is 602 g/mol. The smallest absolute Gasteiger partial charge is 0.245 e. The van der Waals surface area contributed by atoms with Crippen molar-refractivity contribution in [2.75, 3.05) is 13.1 Å². The molecule has 1 heterocycles. The van der Waals surface area contributed by atoms with Gasteiger partial charge in [-0.2, -0.15) is 0 Å². The van der Waals surface area contributed by atoms with Crippen LogP contribution in [0.25, 0.3) is 0 Å². The van der Waals surface area contributed by atoms with Crippen LogP contribution in [0.1, 0.15) is 51.7 Å². The predicted octanol–water partition coefficient (Wildman–Crippen LogP) is -0.00520. The first-order valence-electron chi connectivity index (χ1n) is 16.0. The highest BCUT2D eigenvalue weighted by atomic mass is 16.3.